The van der Waals surface area contributed by atoms with Gasteiger partial charge in [0.2, 0.25) is 0 Å². The summed E-state index contributed by atoms with van der Waals surface area (Å²) in [5, 5.41) is 15.4. The van der Waals surface area contributed by atoms with E-state index in [1.165, 1.54) is 0 Å². The SMILES string of the molecule is Cc1nc(Nc2cccc(Cl)c2C)cc(C(=O)Nc2ccc(C#N)cc2)n1. The molecule has 2 N–H and O–H groups in total. The number of aromatic nitrogens is 2. The Morgan fingerprint density at radius 2 is 1.85 bits per heavy atom. The lowest BCUT2D eigenvalue weighted by Gasteiger charge is -2.12. The van der Waals surface area contributed by atoms with Crippen LogP contribution in [0.4, 0.5) is 17.2 Å². The van der Waals surface area contributed by atoms with Crippen molar-refractivity contribution in [2.75, 3.05) is 10.6 Å². The number of hydrogen-bond donors (Lipinski definition) is 2. The molecular weight excluding hydrogens is 362 g/mol. The van der Waals surface area contributed by atoms with E-state index >= 15 is 0 Å². The van der Waals surface area contributed by atoms with Crippen LogP contribution in [0.2, 0.25) is 5.02 Å². The lowest BCUT2D eigenvalue weighted by molar-refractivity contribution is 0.102. The first kappa shape index (κ1) is 18.4. The number of halogens is 1. The maximum atomic E-state index is 12.5. The van der Waals surface area contributed by atoms with Crippen LogP contribution in [0.3, 0.4) is 0 Å². The first-order valence-electron chi connectivity index (χ1n) is 8.15. The Morgan fingerprint density at radius 1 is 1.11 bits per heavy atom. The van der Waals surface area contributed by atoms with Crippen LogP contribution in [-0.4, -0.2) is 15.9 Å². The summed E-state index contributed by atoms with van der Waals surface area (Å²) >= 11 is 6.15. The molecule has 1 amide bonds. The third kappa shape index (κ3) is 4.40. The van der Waals surface area contributed by atoms with Crippen molar-refractivity contribution < 1.29 is 4.79 Å². The summed E-state index contributed by atoms with van der Waals surface area (Å²) in [5.74, 6) is 0.596. The maximum absolute atomic E-state index is 12.5. The Bertz CT molecular complexity index is 1040. The van der Waals surface area contributed by atoms with Crippen LogP contribution >= 0.6 is 11.6 Å². The molecule has 0 radical (unpaired) electrons. The quantitative estimate of drug-likeness (QED) is 0.692. The van der Waals surface area contributed by atoms with Gasteiger partial charge in [-0.15, -0.1) is 0 Å². The summed E-state index contributed by atoms with van der Waals surface area (Å²) in [6, 6.07) is 15.7. The number of nitrogens with zero attached hydrogens (tertiary/aromatic N) is 3. The Balaban J connectivity index is 1.82. The van der Waals surface area contributed by atoms with Crippen molar-refractivity contribution in [3.8, 4) is 6.07 Å². The van der Waals surface area contributed by atoms with Gasteiger partial charge in [0.05, 0.1) is 11.6 Å². The third-order valence-corrected chi connectivity index (χ3v) is 4.28. The van der Waals surface area contributed by atoms with E-state index in [9.17, 15) is 4.79 Å². The van der Waals surface area contributed by atoms with Crippen molar-refractivity contribution in [1.29, 1.82) is 5.26 Å². The van der Waals surface area contributed by atoms with Crippen molar-refractivity contribution >= 4 is 34.7 Å². The molecule has 2 aromatic carbocycles. The minimum atomic E-state index is -0.365. The van der Waals surface area contributed by atoms with E-state index in [1.54, 1.807) is 37.3 Å². The predicted molar refractivity (Wildman–Crippen MR) is 105 cm³/mol. The molecule has 0 aliphatic rings. The van der Waals surface area contributed by atoms with Gasteiger partial charge in [-0.05, 0) is 55.8 Å². The van der Waals surface area contributed by atoms with Gasteiger partial charge in [-0.25, -0.2) is 9.97 Å². The standard InChI is InChI=1S/C20H16ClN5O/c1-12-16(21)4-3-5-17(12)26-19-10-18(23-13(2)24-19)20(27)25-15-8-6-14(11-22)7-9-15/h3-10H,1-2H3,(H,25,27)(H,23,24,26). The predicted octanol–water partition coefficient (Wildman–Crippen LogP) is 4.61. The fourth-order valence-electron chi connectivity index (χ4n) is 2.45. The minimum absolute atomic E-state index is 0.231. The zero-order valence-electron chi connectivity index (χ0n) is 14.7. The highest BCUT2D eigenvalue weighted by Gasteiger charge is 2.12. The molecule has 1 aromatic heterocycles. The summed E-state index contributed by atoms with van der Waals surface area (Å²) < 4.78 is 0. The van der Waals surface area contributed by atoms with Crippen LogP contribution in [-0.2, 0) is 0 Å². The van der Waals surface area contributed by atoms with Crippen molar-refractivity contribution in [3.63, 3.8) is 0 Å². The fraction of sp³-hybridized carbons (Fsp3) is 0.100. The van der Waals surface area contributed by atoms with E-state index < -0.39 is 0 Å². The van der Waals surface area contributed by atoms with Gasteiger partial charge in [-0.2, -0.15) is 5.26 Å². The number of rotatable bonds is 4. The van der Waals surface area contributed by atoms with E-state index in [0.717, 1.165) is 11.3 Å². The van der Waals surface area contributed by atoms with E-state index in [0.29, 0.717) is 27.9 Å². The molecule has 0 saturated heterocycles. The molecule has 0 fully saturated rings. The van der Waals surface area contributed by atoms with Crippen LogP contribution in [0.25, 0.3) is 0 Å². The molecule has 0 bridgehead atoms. The molecule has 0 spiro atoms. The molecule has 7 heteroatoms. The topological polar surface area (TPSA) is 90.7 Å². The van der Waals surface area contributed by atoms with E-state index in [1.807, 2.05) is 31.2 Å². The molecule has 3 rings (SSSR count). The van der Waals surface area contributed by atoms with Crippen LogP contribution in [0.5, 0.6) is 0 Å². The van der Waals surface area contributed by atoms with Gasteiger partial charge < -0.3 is 10.6 Å². The average Bonchev–Trinajstić information content (AvgIpc) is 2.65. The zero-order chi connectivity index (χ0) is 19.4. The van der Waals surface area contributed by atoms with Crippen LogP contribution in [0.1, 0.15) is 27.4 Å². The fourth-order valence-corrected chi connectivity index (χ4v) is 2.63. The monoisotopic (exact) mass is 377 g/mol. The van der Waals surface area contributed by atoms with Gasteiger partial charge in [-0.1, -0.05) is 17.7 Å². The van der Waals surface area contributed by atoms with Gasteiger partial charge in [0.1, 0.15) is 17.3 Å². The summed E-state index contributed by atoms with van der Waals surface area (Å²) in [6.45, 7) is 3.62. The number of nitriles is 1. The summed E-state index contributed by atoms with van der Waals surface area (Å²) in [6.07, 6.45) is 0. The van der Waals surface area contributed by atoms with Gasteiger partial charge in [0.25, 0.3) is 5.91 Å². The number of carbonyl (C=O) groups excluding carboxylic acids is 1. The molecular formula is C20H16ClN5O. The summed E-state index contributed by atoms with van der Waals surface area (Å²) in [7, 11) is 0. The number of aryl methyl sites for hydroxylation is 1. The van der Waals surface area contributed by atoms with Crippen molar-refractivity contribution in [1.82, 2.24) is 9.97 Å². The Labute approximate surface area is 161 Å². The number of nitrogens with one attached hydrogen (secondary N) is 2. The average molecular weight is 378 g/mol. The molecule has 6 nitrogen and oxygen atoms in total. The van der Waals surface area contributed by atoms with E-state index in [-0.39, 0.29) is 11.6 Å². The molecule has 27 heavy (non-hydrogen) atoms. The molecule has 1 heterocycles. The van der Waals surface area contributed by atoms with E-state index in [2.05, 4.69) is 20.6 Å². The Hall–Kier alpha value is -3.43. The molecule has 0 unspecified atom stereocenters. The van der Waals surface area contributed by atoms with Gasteiger partial charge >= 0.3 is 0 Å². The first-order chi connectivity index (χ1) is 13.0. The molecule has 0 saturated carbocycles. The summed E-state index contributed by atoms with van der Waals surface area (Å²) in [4.78, 5) is 21.1. The number of hydrogen-bond acceptors (Lipinski definition) is 5. The van der Waals surface area contributed by atoms with Gasteiger partial charge in [0, 0.05) is 22.5 Å². The smallest absolute Gasteiger partial charge is 0.274 e. The lowest BCUT2D eigenvalue weighted by Crippen LogP contribution is -2.15. The maximum Gasteiger partial charge on any atom is 0.274 e. The summed E-state index contributed by atoms with van der Waals surface area (Å²) in [5.41, 5.74) is 3.02. The zero-order valence-corrected chi connectivity index (χ0v) is 15.5. The normalized spacial score (nSPS) is 10.1. The highest BCUT2D eigenvalue weighted by atomic mass is 35.5. The molecule has 0 aliphatic heterocycles. The Kier molecular flexibility index (Phi) is 5.34. The van der Waals surface area contributed by atoms with Crippen LogP contribution < -0.4 is 10.6 Å². The van der Waals surface area contributed by atoms with Crippen molar-refractivity contribution in [2.24, 2.45) is 0 Å². The molecule has 0 atom stereocenters. The van der Waals surface area contributed by atoms with Crippen molar-refractivity contribution in [3.05, 3.63) is 76.2 Å². The second-order valence-corrected chi connectivity index (χ2v) is 6.27. The highest BCUT2D eigenvalue weighted by Crippen LogP contribution is 2.25. The number of anilines is 3. The lowest BCUT2D eigenvalue weighted by atomic mass is 10.2. The van der Waals surface area contributed by atoms with E-state index in [4.69, 9.17) is 16.9 Å². The largest absolute Gasteiger partial charge is 0.340 e. The second kappa shape index (κ2) is 7.85. The Morgan fingerprint density at radius 3 is 2.56 bits per heavy atom. The second-order valence-electron chi connectivity index (χ2n) is 5.87. The van der Waals surface area contributed by atoms with Crippen LogP contribution in [0, 0.1) is 25.2 Å². The van der Waals surface area contributed by atoms with Crippen LogP contribution in [0.15, 0.2) is 48.5 Å². The highest BCUT2D eigenvalue weighted by molar-refractivity contribution is 6.31. The first-order valence-corrected chi connectivity index (χ1v) is 8.53. The van der Waals surface area contributed by atoms with Gasteiger partial charge in [-0.3, -0.25) is 4.79 Å². The molecule has 0 aliphatic carbocycles. The number of carbonyl (C=O) groups is 1. The number of amides is 1. The van der Waals surface area contributed by atoms with Gasteiger partial charge in [0.15, 0.2) is 0 Å². The minimum Gasteiger partial charge on any atom is -0.340 e. The number of benzene rings is 2. The molecule has 3 aromatic rings. The third-order valence-electron chi connectivity index (χ3n) is 3.87. The molecule has 134 valence electrons. The van der Waals surface area contributed by atoms with Crippen molar-refractivity contribution in [2.45, 2.75) is 13.8 Å².